The van der Waals surface area contributed by atoms with Crippen LogP contribution in [0.15, 0.2) is 18.2 Å². The molecule has 0 spiro atoms. The van der Waals surface area contributed by atoms with Gasteiger partial charge >= 0.3 is 0 Å². The molecule has 1 fully saturated rings. The SMILES string of the molecule is CCCOc1cccc2c1NCC(C)(C1CC1)N2. The van der Waals surface area contributed by atoms with Crippen LogP contribution in [0.25, 0.3) is 0 Å². The first kappa shape index (κ1) is 11.7. The lowest BCUT2D eigenvalue weighted by atomic mass is 9.92. The highest BCUT2D eigenvalue weighted by Gasteiger charge is 2.43. The quantitative estimate of drug-likeness (QED) is 0.853. The second-order valence-corrected chi connectivity index (χ2v) is 5.70. The summed E-state index contributed by atoms with van der Waals surface area (Å²) in [6.07, 6.45) is 3.75. The average Bonchev–Trinajstić information content (AvgIpc) is 3.20. The van der Waals surface area contributed by atoms with Crippen molar-refractivity contribution in [1.29, 1.82) is 0 Å². The van der Waals surface area contributed by atoms with E-state index in [1.807, 2.05) is 6.07 Å². The Balaban J connectivity index is 1.83. The minimum absolute atomic E-state index is 0.205. The first-order chi connectivity index (χ1) is 8.73. The topological polar surface area (TPSA) is 33.3 Å². The van der Waals surface area contributed by atoms with Gasteiger partial charge in [-0.05, 0) is 44.2 Å². The molecule has 3 nitrogen and oxygen atoms in total. The molecule has 2 aliphatic rings. The van der Waals surface area contributed by atoms with Gasteiger partial charge in [-0.3, -0.25) is 0 Å². The largest absolute Gasteiger partial charge is 0.491 e. The Labute approximate surface area is 109 Å². The van der Waals surface area contributed by atoms with Gasteiger partial charge in [0, 0.05) is 6.54 Å². The van der Waals surface area contributed by atoms with Gasteiger partial charge in [-0.1, -0.05) is 13.0 Å². The number of benzene rings is 1. The van der Waals surface area contributed by atoms with Crippen LogP contribution in [0, 0.1) is 5.92 Å². The van der Waals surface area contributed by atoms with E-state index in [0.29, 0.717) is 0 Å². The van der Waals surface area contributed by atoms with Gasteiger partial charge < -0.3 is 15.4 Å². The Morgan fingerprint density at radius 3 is 2.94 bits per heavy atom. The van der Waals surface area contributed by atoms with Crippen molar-refractivity contribution in [2.75, 3.05) is 23.8 Å². The van der Waals surface area contributed by atoms with Crippen LogP contribution in [-0.2, 0) is 0 Å². The van der Waals surface area contributed by atoms with Crippen LogP contribution in [0.1, 0.15) is 33.1 Å². The van der Waals surface area contributed by atoms with E-state index >= 15 is 0 Å². The fourth-order valence-corrected chi connectivity index (χ4v) is 2.74. The maximum Gasteiger partial charge on any atom is 0.144 e. The summed E-state index contributed by atoms with van der Waals surface area (Å²) < 4.78 is 5.80. The highest BCUT2D eigenvalue weighted by atomic mass is 16.5. The number of ether oxygens (including phenoxy) is 1. The molecule has 2 N–H and O–H groups in total. The van der Waals surface area contributed by atoms with Crippen LogP contribution in [0.2, 0.25) is 0 Å². The molecule has 0 amide bonds. The van der Waals surface area contributed by atoms with Crippen LogP contribution in [0.5, 0.6) is 5.75 Å². The van der Waals surface area contributed by atoms with Gasteiger partial charge in [0.15, 0.2) is 0 Å². The van der Waals surface area contributed by atoms with Crippen LogP contribution >= 0.6 is 0 Å². The van der Waals surface area contributed by atoms with E-state index in [4.69, 9.17) is 4.74 Å². The lowest BCUT2D eigenvalue weighted by molar-refractivity contribution is 0.318. The molecule has 0 bridgehead atoms. The van der Waals surface area contributed by atoms with Crippen molar-refractivity contribution in [3.63, 3.8) is 0 Å². The Morgan fingerprint density at radius 1 is 1.39 bits per heavy atom. The Bertz CT molecular complexity index is 442. The molecule has 1 aromatic carbocycles. The molecule has 1 aliphatic carbocycles. The van der Waals surface area contributed by atoms with E-state index < -0.39 is 0 Å². The number of nitrogens with one attached hydrogen (secondary N) is 2. The lowest BCUT2D eigenvalue weighted by Gasteiger charge is -2.38. The van der Waals surface area contributed by atoms with Gasteiger partial charge in [-0.15, -0.1) is 0 Å². The number of hydrogen-bond donors (Lipinski definition) is 2. The predicted octanol–water partition coefficient (Wildman–Crippen LogP) is 3.48. The van der Waals surface area contributed by atoms with E-state index in [-0.39, 0.29) is 5.54 Å². The van der Waals surface area contributed by atoms with Crippen LogP contribution < -0.4 is 15.4 Å². The van der Waals surface area contributed by atoms with Gasteiger partial charge in [-0.25, -0.2) is 0 Å². The Morgan fingerprint density at radius 2 is 2.22 bits per heavy atom. The molecular formula is C15H22N2O. The first-order valence-corrected chi connectivity index (χ1v) is 7.01. The predicted molar refractivity (Wildman–Crippen MR) is 75.5 cm³/mol. The van der Waals surface area contributed by atoms with E-state index in [2.05, 4.69) is 36.6 Å². The number of rotatable bonds is 4. The summed E-state index contributed by atoms with van der Waals surface area (Å²) in [5.41, 5.74) is 2.52. The van der Waals surface area contributed by atoms with E-state index in [1.165, 1.54) is 18.5 Å². The molecule has 18 heavy (non-hydrogen) atoms. The number of fused-ring (bicyclic) bond motifs is 1. The minimum atomic E-state index is 0.205. The zero-order chi connectivity index (χ0) is 12.6. The summed E-state index contributed by atoms with van der Waals surface area (Å²) in [6.45, 7) is 6.21. The minimum Gasteiger partial charge on any atom is -0.491 e. The maximum atomic E-state index is 5.80. The van der Waals surface area contributed by atoms with Crippen LogP contribution in [0.4, 0.5) is 11.4 Å². The highest BCUT2D eigenvalue weighted by Crippen LogP contribution is 2.46. The molecule has 1 heterocycles. The second-order valence-electron chi connectivity index (χ2n) is 5.70. The van der Waals surface area contributed by atoms with Gasteiger partial charge in [0.05, 0.1) is 17.8 Å². The fraction of sp³-hybridized carbons (Fsp3) is 0.600. The molecule has 3 rings (SSSR count). The van der Waals surface area contributed by atoms with Crippen LogP contribution in [0.3, 0.4) is 0 Å². The van der Waals surface area contributed by atoms with Gasteiger partial charge in [0.1, 0.15) is 11.4 Å². The highest BCUT2D eigenvalue weighted by molar-refractivity contribution is 5.78. The molecule has 98 valence electrons. The van der Waals surface area contributed by atoms with Crippen molar-refractivity contribution in [2.24, 2.45) is 5.92 Å². The molecule has 1 aromatic rings. The van der Waals surface area contributed by atoms with E-state index in [0.717, 1.165) is 36.9 Å². The van der Waals surface area contributed by atoms with Crippen LogP contribution in [-0.4, -0.2) is 18.7 Å². The second kappa shape index (κ2) is 4.38. The zero-order valence-electron chi connectivity index (χ0n) is 11.3. The number of para-hydroxylation sites is 1. The van der Waals surface area contributed by atoms with Crippen molar-refractivity contribution in [2.45, 2.75) is 38.6 Å². The normalized spacial score (nSPS) is 25.9. The number of anilines is 2. The fourth-order valence-electron chi connectivity index (χ4n) is 2.74. The third kappa shape index (κ3) is 2.02. The molecule has 0 radical (unpaired) electrons. The van der Waals surface area contributed by atoms with Crippen molar-refractivity contribution < 1.29 is 4.74 Å². The first-order valence-electron chi connectivity index (χ1n) is 7.01. The molecule has 0 aromatic heterocycles. The van der Waals surface area contributed by atoms with Crippen molar-refractivity contribution in [3.8, 4) is 5.75 Å². The zero-order valence-corrected chi connectivity index (χ0v) is 11.3. The molecule has 1 unspecified atom stereocenters. The standard InChI is InChI=1S/C15H22N2O/c1-3-9-18-13-6-4-5-12-14(13)16-10-15(2,17-12)11-7-8-11/h4-6,11,16-17H,3,7-10H2,1-2H3. The molecule has 0 saturated heterocycles. The molecule has 1 saturated carbocycles. The lowest BCUT2D eigenvalue weighted by Crippen LogP contribution is -2.47. The Kier molecular flexibility index (Phi) is 2.84. The monoisotopic (exact) mass is 246 g/mol. The summed E-state index contributed by atoms with van der Waals surface area (Å²) in [5.74, 6) is 1.79. The van der Waals surface area contributed by atoms with Gasteiger partial charge in [-0.2, -0.15) is 0 Å². The summed E-state index contributed by atoms with van der Waals surface area (Å²) in [7, 11) is 0. The van der Waals surface area contributed by atoms with E-state index in [1.54, 1.807) is 0 Å². The summed E-state index contributed by atoms with van der Waals surface area (Å²) in [6, 6.07) is 6.25. The van der Waals surface area contributed by atoms with Gasteiger partial charge in [0.25, 0.3) is 0 Å². The summed E-state index contributed by atoms with van der Waals surface area (Å²) in [5, 5.41) is 7.27. The molecule has 1 atom stereocenters. The molecule has 3 heteroatoms. The molecule has 1 aliphatic heterocycles. The third-order valence-electron chi connectivity index (χ3n) is 4.02. The summed E-state index contributed by atoms with van der Waals surface area (Å²) >= 11 is 0. The van der Waals surface area contributed by atoms with Crippen molar-refractivity contribution in [3.05, 3.63) is 18.2 Å². The summed E-state index contributed by atoms with van der Waals surface area (Å²) in [4.78, 5) is 0. The van der Waals surface area contributed by atoms with E-state index in [9.17, 15) is 0 Å². The average molecular weight is 246 g/mol. The van der Waals surface area contributed by atoms with Crippen molar-refractivity contribution in [1.82, 2.24) is 0 Å². The number of hydrogen-bond acceptors (Lipinski definition) is 3. The third-order valence-corrected chi connectivity index (χ3v) is 4.02. The smallest absolute Gasteiger partial charge is 0.144 e. The Hall–Kier alpha value is -1.38. The molecular weight excluding hydrogens is 224 g/mol. The maximum absolute atomic E-state index is 5.80. The van der Waals surface area contributed by atoms with Crippen molar-refractivity contribution >= 4 is 11.4 Å². The van der Waals surface area contributed by atoms with Gasteiger partial charge in [0.2, 0.25) is 0 Å².